The minimum Gasteiger partial charge on any atom is -0.166 e. The molecule has 0 radical (unpaired) electrons. The topological polar surface area (TPSA) is 0 Å². The molecule has 4 heteroatoms. The van der Waals surface area contributed by atoms with Crippen molar-refractivity contribution in [2.24, 2.45) is 5.92 Å². The van der Waals surface area contributed by atoms with E-state index in [-0.39, 0.29) is 0 Å². The number of alkyl halides is 3. The zero-order valence-electron chi connectivity index (χ0n) is 9.54. The molecule has 1 unspecified atom stereocenters. The molecule has 1 aromatic carbocycles. The van der Waals surface area contributed by atoms with E-state index in [1.807, 2.05) is 6.08 Å². The maximum Gasteiger partial charge on any atom is 0.416 e. The minimum atomic E-state index is -4.25. The van der Waals surface area contributed by atoms with Gasteiger partial charge in [-0.1, -0.05) is 46.3 Å². The SMILES string of the molecule is FC(F)(F)c1ccc(CC2C=C(Br)C=CC2)cc1. The van der Waals surface area contributed by atoms with Crippen molar-refractivity contribution in [2.75, 3.05) is 0 Å². The molecular weight excluding hydrogens is 305 g/mol. The molecular formula is C14H12BrF3. The number of hydrogen-bond donors (Lipinski definition) is 0. The molecule has 0 aliphatic heterocycles. The Balaban J connectivity index is 2.05. The summed E-state index contributed by atoms with van der Waals surface area (Å²) in [6.45, 7) is 0. The molecule has 1 aliphatic rings. The third-order valence-electron chi connectivity index (χ3n) is 2.89. The Morgan fingerprint density at radius 3 is 2.39 bits per heavy atom. The van der Waals surface area contributed by atoms with Gasteiger partial charge in [0.1, 0.15) is 0 Å². The van der Waals surface area contributed by atoms with Crippen LogP contribution in [0.2, 0.25) is 0 Å². The van der Waals surface area contributed by atoms with Gasteiger partial charge in [-0.15, -0.1) is 0 Å². The normalized spacial score (nSPS) is 19.8. The Labute approximate surface area is 112 Å². The van der Waals surface area contributed by atoms with E-state index >= 15 is 0 Å². The van der Waals surface area contributed by atoms with E-state index in [0.717, 1.165) is 35.0 Å². The van der Waals surface area contributed by atoms with Crippen LogP contribution in [0.5, 0.6) is 0 Å². The van der Waals surface area contributed by atoms with E-state index in [4.69, 9.17) is 0 Å². The lowest BCUT2D eigenvalue weighted by atomic mass is 9.93. The summed E-state index contributed by atoms with van der Waals surface area (Å²) in [5.41, 5.74) is 0.339. The van der Waals surface area contributed by atoms with Gasteiger partial charge in [0, 0.05) is 4.48 Å². The zero-order chi connectivity index (χ0) is 13.2. The Kier molecular flexibility index (Phi) is 3.95. The average Bonchev–Trinajstić information content (AvgIpc) is 2.28. The standard InChI is InChI=1S/C14H12BrF3/c15-13-3-1-2-11(9-13)8-10-4-6-12(7-5-10)14(16,17)18/h1,3-7,9,11H,2,8H2. The molecule has 1 aromatic rings. The molecule has 2 rings (SSSR count). The van der Waals surface area contributed by atoms with Crippen LogP contribution in [-0.2, 0) is 12.6 Å². The predicted octanol–water partition coefficient (Wildman–Crippen LogP) is 5.10. The largest absolute Gasteiger partial charge is 0.416 e. The highest BCUT2D eigenvalue weighted by Gasteiger charge is 2.29. The van der Waals surface area contributed by atoms with Crippen LogP contribution in [0.1, 0.15) is 17.5 Å². The molecule has 0 nitrogen and oxygen atoms in total. The van der Waals surface area contributed by atoms with Crippen molar-refractivity contribution < 1.29 is 13.2 Å². The van der Waals surface area contributed by atoms with E-state index < -0.39 is 11.7 Å². The summed E-state index contributed by atoms with van der Waals surface area (Å²) < 4.78 is 38.2. The molecule has 0 bridgehead atoms. The molecule has 96 valence electrons. The van der Waals surface area contributed by atoms with Gasteiger partial charge in [-0.2, -0.15) is 13.2 Å². The Bertz CT molecular complexity index is 469. The van der Waals surface area contributed by atoms with Gasteiger partial charge in [-0.3, -0.25) is 0 Å². The zero-order valence-corrected chi connectivity index (χ0v) is 11.1. The van der Waals surface area contributed by atoms with E-state index in [9.17, 15) is 13.2 Å². The number of allylic oxidation sites excluding steroid dienone is 4. The van der Waals surface area contributed by atoms with Crippen LogP contribution in [0.25, 0.3) is 0 Å². The fraction of sp³-hybridized carbons (Fsp3) is 0.286. The average molecular weight is 317 g/mol. The third-order valence-corrected chi connectivity index (χ3v) is 3.42. The quantitative estimate of drug-likeness (QED) is 0.711. The second-order valence-corrected chi connectivity index (χ2v) is 5.26. The fourth-order valence-corrected chi connectivity index (χ4v) is 2.54. The van der Waals surface area contributed by atoms with Crippen molar-refractivity contribution in [1.29, 1.82) is 0 Å². The Morgan fingerprint density at radius 2 is 1.83 bits per heavy atom. The molecule has 18 heavy (non-hydrogen) atoms. The lowest BCUT2D eigenvalue weighted by Crippen LogP contribution is -2.06. The molecule has 0 N–H and O–H groups in total. The maximum absolute atomic E-state index is 12.4. The van der Waals surface area contributed by atoms with Crippen molar-refractivity contribution >= 4 is 15.9 Å². The van der Waals surface area contributed by atoms with Crippen molar-refractivity contribution in [1.82, 2.24) is 0 Å². The summed E-state index contributed by atoms with van der Waals surface area (Å²) in [7, 11) is 0. The molecule has 0 saturated heterocycles. The van der Waals surface area contributed by atoms with Crippen LogP contribution < -0.4 is 0 Å². The van der Waals surface area contributed by atoms with Crippen molar-refractivity contribution in [3.63, 3.8) is 0 Å². The van der Waals surface area contributed by atoms with E-state index in [1.54, 1.807) is 12.1 Å². The molecule has 0 fully saturated rings. The summed E-state index contributed by atoms with van der Waals surface area (Å²) in [6.07, 6.45) is 3.59. The number of rotatable bonds is 2. The summed E-state index contributed by atoms with van der Waals surface area (Å²) in [6, 6.07) is 5.41. The van der Waals surface area contributed by atoms with E-state index in [1.165, 1.54) is 0 Å². The lowest BCUT2D eigenvalue weighted by molar-refractivity contribution is -0.137. The second-order valence-electron chi connectivity index (χ2n) is 4.35. The van der Waals surface area contributed by atoms with E-state index in [2.05, 4.69) is 28.1 Å². The van der Waals surface area contributed by atoms with Crippen LogP contribution in [0.3, 0.4) is 0 Å². The van der Waals surface area contributed by atoms with Crippen LogP contribution >= 0.6 is 15.9 Å². The van der Waals surface area contributed by atoms with Crippen LogP contribution in [0, 0.1) is 5.92 Å². The molecule has 1 atom stereocenters. The first-order chi connectivity index (χ1) is 8.45. The van der Waals surface area contributed by atoms with Crippen LogP contribution in [-0.4, -0.2) is 0 Å². The van der Waals surface area contributed by atoms with Gasteiger partial charge in [0.15, 0.2) is 0 Å². The minimum absolute atomic E-state index is 0.348. The maximum atomic E-state index is 12.4. The van der Waals surface area contributed by atoms with Gasteiger partial charge in [-0.25, -0.2) is 0 Å². The molecule has 0 aromatic heterocycles. The monoisotopic (exact) mass is 316 g/mol. The van der Waals surface area contributed by atoms with Crippen molar-refractivity contribution in [3.05, 3.63) is 58.1 Å². The van der Waals surface area contributed by atoms with Gasteiger partial charge in [0.05, 0.1) is 5.56 Å². The lowest BCUT2D eigenvalue weighted by Gasteiger charge is -2.15. The van der Waals surface area contributed by atoms with Gasteiger partial charge in [0.2, 0.25) is 0 Å². The molecule has 0 heterocycles. The highest BCUT2D eigenvalue weighted by molar-refractivity contribution is 9.11. The molecule has 0 saturated carbocycles. The summed E-state index contributed by atoms with van der Waals surface area (Å²) in [5, 5.41) is 0. The summed E-state index contributed by atoms with van der Waals surface area (Å²) in [4.78, 5) is 0. The summed E-state index contributed by atoms with van der Waals surface area (Å²) >= 11 is 3.41. The van der Waals surface area contributed by atoms with Gasteiger partial charge >= 0.3 is 6.18 Å². The Morgan fingerprint density at radius 1 is 1.17 bits per heavy atom. The van der Waals surface area contributed by atoms with Crippen molar-refractivity contribution in [2.45, 2.75) is 19.0 Å². The highest BCUT2D eigenvalue weighted by Crippen LogP contribution is 2.30. The second kappa shape index (κ2) is 5.31. The van der Waals surface area contributed by atoms with E-state index in [0.29, 0.717) is 5.92 Å². The van der Waals surface area contributed by atoms with Gasteiger partial charge in [-0.05, 0) is 36.5 Å². The number of halogens is 4. The molecule has 0 amide bonds. The molecule has 0 spiro atoms. The summed E-state index contributed by atoms with van der Waals surface area (Å²) in [5.74, 6) is 0.348. The smallest absolute Gasteiger partial charge is 0.166 e. The van der Waals surface area contributed by atoms with Gasteiger partial charge in [0.25, 0.3) is 0 Å². The first-order valence-electron chi connectivity index (χ1n) is 5.65. The van der Waals surface area contributed by atoms with Crippen LogP contribution in [0.4, 0.5) is 13.2 Å². The van der Waals surface area contributed by atoms with Crippen LogP contribution in [0.15, 0.2) is 47.0 Å². The third kappa shape index (κ3) is 3.48. The predicted molar refractivity (Wildman–Crippen MR) is 69.4 cm³/mol. The number of hydrogen-bond acceptors (Lipinski definition) is 0. The first kappa shape index (κ1) is 13.4. The fourth-order valence-electron chi connectivity index (χ4n) is 1.98. The Hall–Kier alpha value is -1.03. The first-order valence-corrected chi connectivity index (χ1v) is 6.44. The van der Waals surface area contributed by atoms with Gasteiger partial charge < -0.3 is 0 Å². The molecule has 1 aliphatic carbocycles. The highest BCUT2D eigenvalue weighted by atomic mass is 79.9. The van der Waals surface area contributed by atoms with Crippen molar-refractivity contribution in [3.8, 4) is 0 Å². The number of benzene rings is 1.